The van der Waals surface area contributed by atoms with Crippen molar-refractivity contribution in [2.75, 3.05) is 26.4 Å². The van der Waals surface area contributed by atoms with Crippen molar-refractivity contribution in [2.45, 2.75) is 241 Å². The number of aliphatic hydroxyl groups excluding tert-OH is 10. The van der Waals surface area contributed by atoms with Crippen molar-refractivity contribution >= 4 is 0 Å². The SMILES string of the molecule is CC(C)=C[C@H]1C[C@@](C)(O)[C@@H]2[C@H]3CC[C@@H]4[C@@]5(C)CC[C@H](O[C@@H]6OC[C@H](O)[C@H](O[C@@H]7O[C@H](CO)[C@@H](O)[C@H](O)[C@H]7O[C@@H]7OC[C@@H](O)[C@H](O)[C@H]7O)[C@H]6O[C@@H]6O[C@@H](C)[C@H](O)[C@@H](O)[C@H]6O)C(C)(C)[C@@H]5CC[C@@]4(C)[C@@]34CO[C@@]2(C4)O1. The maximum absolute atomic E-state index is 12.3. The lowest BCUT2D eigenvalue weighted by Gasteiger charge is -2.70. The lowest BCUT2D eigenvalue weighted by molar-refractivity contribution is -0.399. The first-order valence-corrected chi connectivity index (χ1v) is 26.8. The van der Waals surface area contributed by atoms with Crippen LogP contribution in [0.5, 0.6) is 0 Å². The van der Waals surface area contributed by atoms with Crippen LogP contribution < -0.4 is 0 Å². The molecule has 21 heteroatoms. The standard InChI is InChI=1S/C52H84O21/c1-22(2)15-24-16-50(8,63)42-25-9-10-30-48(6)13-12-31(47(4,5)29(48)11-14-49(30,7)51(25)20-52(42,73-24)66-21-51)69-45-41(72-44-38(62)35(59)32(56)23(3)67-44)39(27(55)19-65-45)70-46-40(36(60)34(58)28(17-53)68-46)71-43-37(61)33(57)26(54)18-64-43/h15,23-46,53-63H,9-14,16-21H2,1-8H3/t23-,24-,25+,26+,27-,28+,29-,30+,31-,32-,33-,34+,35+,36-,37+,38+,39-,40+,41+,42-,43-,44-,45-,46-,48-,49+,50+,51-,52-/m0/s1. The number of ether oxygens (including phenoxy) is 10. The largest absolute Gasteiger partial charge is 0.394 e. The van der Waals surface area contributed by atoms with Crippen LogP contribution in [-0.2, 0) is 47.4 Å². The number of allylic oxidation sites excluding steroid dienone is 1. The Kier molecular flexibility index (Phi) is 14.8. The summed E-state index contributed by atoms with van der Waals surface area (Å²) in [6.45, 7) is 15.9. The van der Waals surface area contributed by atoms with Crippen LogP contribution in [0.25, 0.3) is 0 Å². The highest BCUT2D eigenvalue weighted by Gasteiger charge is 2.81. The van der Waals surface area contributed by atoms with Crippen molar-refractivity contribution < 1.29 is 104 Å². The van der Waals surface area contributed by atoms with Crippen LogP contribution in [0.2, 0.25) is 0 Å². The van der Waals surface area contributed by atoms with Crippen LogP contribution in [0, 0.1) is 45.3 Å². The van der Waals surface area contributed by atoms with Gasteiger partial charge in [0.2, 0.25) is 0 Å². The number of rotatable bonds is 10. The Balaban J connectivity index is 0.919. The van der Waals surface area contributed by atoms with Gasteiger partial charge in [-0.2, -0.15) is 0 Å². The van der Waals surface area contributed by atoms with E-state index in [4.69, 9.17) is 47.4 Å². The fraction of sp³-hybridized carbons (Fsp3) is 0.962. The minimum absolute atomic E-state index is 0.108. The van der Waals surface area contributed by atoms with Crippen LogP contribution in [0.1, 0.15) is 107 Å². The van der Waals surface area contributed by atoms with Gasteiger partial charge in [0.05, 0.1) is 50.3 Å². The Bertz CT molecular complexity index is 2010. The van der Waals surface area contributed by atoms with Gasteiger partial charge in [-0.25, -0.2) is 0 Å². The summed E-state index contributed by atoms with van der Waals surface area (Å²) in [4.78, 5) is 0. The zero-order valence-electron chi connectivity index (χ0n) is 43.4. The normalized spacial score (nSPS) is 57.5. The molecule has 0 aromatic heterocycles. The van der Waals surface area contributed by atoms with Crippen molar-refractivity contribution in [1.82, 2.24) is 0 Å². The second-order valence-electron chi connectivity index (χ2n) is 25.3. The third-order valence-corrected chi connectivity index (χ3v) is 20.4. The molecule has 0 aromatic rings. The summed E-state index contributed by atoms with van der Waals surface area (Å²) in [6.07, 6.45) is -20.8. The van der Waals surface area contributed by atoms with Gasteiger partial charge < -0.3 is 104 Å². The molecular formula is C52H84O21. The first-order valence-electron chi connectivity index (χ1n) is 26.8. The van der Waals surface area contributed by atoms with E-state index in [2.05, 4.69) is 47.6 Å². The summed E-state index contributed by atoms with van der Waals surface area (Å²) in [5.74, 6) is -0.230. The number of aliphatic hydroxyl groups is 11. The minimum atomic E-state index is -1.87. The molecule has 4 saturated carbocycles. The summed E-state index contributed by atoms with van der Waals surface area (Å²) in [6, 6.07) is 0. The highest BCUT2D eigenvalue weighted by Crippen LogP contribution is 2.80. The van der Waals surface area contributed by atoms with Gasteiger partial charge in [-0.1, -0.05) is 39.3 Å². The molecule has 2 spiro atoms. The number of hydrogen-bond donors (Lipinski definition) is 11. The van der Waals surface area contributed by atoms with Gasteiger partial charge >= 0.3 is 0 Å². The molecule has 6 saturated heterocycles. The van der Waals surface area contributed by atoms with Crippen molar-refractivity contribution in [2.24, 2.45) is 45.3 Å². The van der Waals surface area contributed by atoms with Gasteiger partial charge in [0, 0.05) is 24.2 Å². The van der Waals surface area contributed by atoms with Crippen molar-refractivity contribution in [1.29, 1.82) is 0 Å². The molecule has 6 aliphatic heterocycles. The Morgan fingerprint density at radius 3 is 2.03 bits per heavy atom. The van der Waals surface area contributed by atoms with E-state index in [1.165, 1.54) is 6.92 Å². The molecule has 10 aliphatic rings. The Labute approximate surface area is 426 Å². The maximum Gasteiger partial charge on any atom is 0.187 e. The average Bonchev–Trinajstić information content (AvgIpc) is 3.85. The van der Waals surface area contributed by atoms with Gasteiger partial charge in [-0.3, -0.25) is 0 Å². The molecule has 2 bridgehead atoms. The van der Waals surface area contributed by atoms with E-state index in [-0.39, 0.29) is 46.7 Å². The molecule has 0 amide bonds. The molecule has 418 valence electrons. The number of fused-ring (bicyclic) bond motifs is 4. The topological polar surface area (TPSA) is 315 Å². The van der Waals surface area contributed by atoms with Gasteiger partial charge in [0.25, 0.3) is 0 Å². The summed E-state index contributed by atoms with van der Waals surface area (Å²) in [5, 5.41) is 121. The van der Waals surface area contributed by atoms with Gasteiger partial charge in [-0.05, 0) is 100 Å². The zero-order chi connectivity index (χ0) is 52.7. The van der Waals surface area contributed by atoms with E-state index >= 15 is 0 Å². The van der Waals surface area contributed by atoms with Crippen LogP contribution in [0.4, 0.5) is 0 Å². The lowest BCUT2D eigenvalue weighted by Crippen LogP contribution is -2.68. The molecule has 0 unspecified atom stereocenters. The first kappa shape index (κ1) is 55.2. The first-order chi connectivity index (χ1) is 34.2. The van der Waals surface area contributed by atoms with E-state index in [0.29, 0.717) is 25.4 Å². The third kappa shape index (κ3) is 8.77. The van der Waals surface area contributed by atoms with Crippen LogP contribution in [-0.4, -0.2) is 217 Å². The molecule has 0 radical (unpaired) electrons. The lowest BCUT2D eigenvalue weighted by atomic mass is 9.35. The van der Waals surface area contributed by atoms with Crippen molar-refractivity contribution in [3.8, 4) is 0 Å². The van der Waals surface area contributed by atoms with E-state index in [1.807, 2.05) is 6.92 Å². The molecule has 73 heavy (non-hydrogen) atoms. The third-order valence-electron chi connectivity index (χ3n) is 20.4. The Morgan fingerprint density at radius 1 is 0.644 bits per heavy atom. The maximum atomic E-state index is 12.3. The predicted molar refractivity (Wildman–Crippen MR) is 250 cm³/mol. The second kappa shape index (κ2) is 19.6. The fourth-order valence-electron chi connectivity index (χ4n) is 16.9. The summed E-state index contributed by atoms with van der Waals surface area (Å²) in [7, 11) is 0. The molecule has 6 heterocycles. The molecule has 0 aromatic carbocycles. The second-order valence-corrected chi connectivity index (χ2v) is 25.3. The van der Waals surface area contributed by atoms with E-state index < -0.39 is 147 Å². The Morgan fingerprint density at radius 2 is 1.32 bits per heavy atom. The van der Waals surface area contributed by atoms with Crippen LogP contribution >= 0.6 is 0 Å². The van der Waals surface area contributed by atoms with E-state index in [1.54, 1.807) is 0 Å². The molecule has 21 nitrogen and oxygen atoms in total. The molecule has 11 N–H and O–H groups in total. The fourth-order valence-corrected chi connectivity index (χ4v) is 16.9. The van der Waals surface area contributed by atoms with Crippen LogP contribution in [0.15, 0.2) is 11.6 Å². The van der Waals surface area contributed by atoms with E-state index in [0.717, 1.165) is 44.1 Å². The highest BCUT2D eigenvalue weighted by atomic mass is 16.8. The summed E-state index contributed by atoms with van der Waals surface area (Å²) in [5.41, 5.74) is -0.717. The average molecular weight is 1050 g/mol. The molecular weight excluding hydrogens is 961 g/mol. The predicted octanol–water partition coefficient (Wildman–Crippen LogP) is -0.542. The Hall–Kier alpha value is -1.10. The zero-order valence-corrected chi connectivity index (χ0v) is 43.4. The van der Waals surface area contributed by atoms with Crippen LogP contribution in [0.3, 0.4) is 0 Å². The van der Waals surface area contributed by atoms with Gasteiger partial charge in [0.1, 0.15) is 79.4 Å². The summed E-state index contributed by atoms with van der Waals surface area (Å²) < 4.78 is 63.4. The van der Waals surface area contributed by atoms with Gasteiger partial charge in [-0.15, -0.1) is 0 Å². The number of hydrogen-bond acceptors (Lipinski definition) is 21. The quantitative estimate of drug-likeness (QED) is 0.0967. The van der Waals surface area contributed by atoms with Crippen molar-refractivity contribution in [3.63, 3.8) is 0 Å². The monoisotopic (exact) mass is 1040 g/mol. The molecule has 10 rings (SSSR count). The minimum Gasteiger partial charge on any atom is -0.394 e. The molecule has 10 fully saturated rings. The van der Waals surface area contributed by atoms with Crippen molar-refractivity contribution in [3.05, 3.63) is 11.6 Å². The highest BCUT2D eigenvalue weighted by molar-refractivity contribution is 5.27. The summed E-state index contributed by atoms with van der Waals surface area (Å²) >= 11 is 0. The van der Waals surface area contributed by atoms with E-state index in [9.17, 15) is 56.2 Å². The molecule has 4 aliphatic carbocycles. The smallest absolute Gasteiger partial charge is 0.187 e. The van der Waals surface area contributed by atoms with Gasteiger partial charge in [0.15, 0.2) is 30.9 Å². The molecule has 29 atom stereocenters.